The van der Waals surface area contributed by atoms with Crippen molar-refractivity contribution in [3.63, 3.8) is 0 Å². The summed E-state index contributed by atoms with van der Waals surface area (Å²) in [5.74, 6) is -2.68. The smallest absolute Gasteiger partial charge is 0.416 e. The molecule has 0 saturated carbocycles. The van der Waals surface area contributed by atoms with E-state index in [1.54, 1.807) is 57.2 Å². The SMILES string of the molecule is CC(C)(C)OC(=O)NCc1cc2cc(-c3ccc(C(=O)N4CCC(F)(F)CC4)cc3)cc(-c3ccc(C(F)(F)F)cc3)c2o1. The van der Waals surface area contributed by atoms with Crippen molar-refractivity contribution in [2.24, 2.45) is 0 Å². The maximum absolute atomic E-state index is 13.5. The first-order valence-corrected chi connectivity index (χ1v) is 14.1. The number of nitrogens with zero attached hydrogens (tertiary/aromatic N) is 1. The van der Waals surface area contributed by atoms with Crippen LogP contribution in [0.5, 0.6) is 0 Å². The van der Waals surface area contributed by atoms with E-state index in [-0.39, 0.29) is 38.4 Å². The van der Waals surface area contributed by atoms with Crippen molar-refractivity contribution in [1.29, 1.82) is 0 Å². The number of halogens is 5. The van der Waals surface area contributed by atoms with Gasteiger partial charge in [-0.2, -0.15) is 13.2 Å². The Morgan fingerprint density at radius 1 is 0.886 bits per heavy atom. The highest BCUT2D eigenvalue weighted by Gasteiger charge is 2.36. The molecule has 44 heavy (non-hydrogen) atoms. The minimum absolute atomic E-state index is 0.0185. The first kappa shape index (κ1) is 31.0. The van der Waals surface area contributed by atoms with Crippen molar-refractivity contribution >= 4 is 23.0 Å². The van der Waals surface area contributed by atoms with Crippen molar-refractivity contribution in [2.75, 3.05) is 13.1 Å². The number of amides is 2. The Labute approximate surface area is 250 Å². The molecule has 0 atom stereocenters. The highest BCUT2D eigenvalue weighted by Crippen LogP contribution is 2.38. The number of hydrogen-bond acceptors (Lipinski definition) is 4. The highest BCUT2D eigenvalue weighted by atomic mass is 19.4. The van der Waals surface area contributed by atoms with Crippen LogP contribution in [0.4, 0.5) is 26.7 Å². The lowest BCUT2D eigenvalue weighted by molar-refractivity contribution is -0.137. The normalized spacial score (nSPS) is 15.3. The summed E-state index contributed by atoms with van der Waals surface area (Å²) >= 11 is 0. The van der Waals surface area contributed by atoms with Crippen LogP contribution < -0.4 is 5.32 Å². The average molecular weight is 615 g/mol. The van der Waals surface area contributed by atoms with Gasteiger partial charge in [0.05, 0.1) is 12.1 Å². The Morgan fingerprint density at radius 2 is 1.50 bits per heavy atom. The van der Waals surface area contributed by atoms with Gasteiger partial charge >= 0.3 is 12.3 Å². The van der Waals surface area contributed by atoms with E-state index in [2.05, 4.69) is 5.32 Å². The fourth-order valence-electron chi connectivity index (χ4n) is 5.01. The lowest BCUT2D eigenvalue weighted by Gasteiger charge is -2.31. The van der Waals surface area contributed by atoms with E-state index < -0.39 is 29.4 Å². The molecule has 1 fully saturated rings. The molecule has 1 aliphatic heterocycles. The van der Waals surface area contributed by atoms with E-state index in [0.717, 1.165) is 17.7 Å². The number of fused-ring (bicyclic) bond motifs is 1. The first-order valence-electron chi connectivity index (χ1n) is 14.1. The number of furan rings is 1. The number of piperidine rings is 1. The number of carbonyl (C=O) groups is 2. The molecular formula is C33H31F5N2O4. The van der Waals surface area contributed by atoms with E-state index >= 15 is 0 Å². The standard InChI is InChI=1S/C33H31F5N2O4/c1-31(2,3)44-30(42)39-19-26-17-24-16-23(18-27(28(24)43-26)21-8-10-25(11-9-21)33(36,37)38)20-4-6-22(7-5-20)29(41)40-14-12-32(34,35)13-15-40/h4-11,16-18H,12-15,19H2,1-3H3,(H,39,42). The largest absolute Gasteiger partial charge is 0.459 e. The van der Waals surface area contributed by atoms with Crippen LogP contribution in [0.15, 0.2) is 71.1 Å². The Bertz CT molecular complexity index is 1660. The molecule has 6 nitrogen and oxygen atoms in total. The number of carbonyl (C=O) groups excluding carboxylic acids is 2. The molecule has 0 spiro atoms. The third-order valence-corrected chi connectivity index (χ3v) is 7.24. The second-order valence-corrected chi connectivity index (χ2v) is 11.8. The second-order valence-electron chi connectivity index (χ2n) is 11.8. The van der Waals surface area contributed by atoms with Gasteiger partial charge in [-0.05, 0) is 79.9 Å². The number of benzene rings is 3. The fraction of sp³-hybridized carbons (Fsp3) is 0.333. The maximum atomic E-state index is 13.5. The average Bonchev–Trinajstić information content (AvgIpc) is 3.37. The summed E-state index contributed by atoms with van der Waals surface area (Å²) in [6.45, 7) is 5.19. The molecule has 2 amide bonds. The Kier molecular flexibility index (Phi) is 8.17. The number of alkyl halides is 5. The van der Waals surface area contributed by atoms with Gasteiger partial charge in [0.15, 0.2) is 0 Å². The zero-order valence-electron chi connectivity index (χ0n) is 24.4. The fourth-order valence-corrected chi connectivity index (χ4v) is 5.01. The van der Waals surface area contributed by atoms with E-state index in [1.165, 1.54) is 17.0 Å². The van der Waals surface area contributed by atoms with Gasteiger partial charge in [-0.1, -0.05) is 24.3 Å². The number of alkyl carbamates (subject to hydrolysis) is 1. The van der Waals surface area contributed by atoms with Gasteiger partial charge < -0.3 is 19.4 Å². The lowest BCUT2D eigenvalue weighted by Crippen LogP contribution is -2.42. The molecule has 2 heterocycles. The zero-order valence-corrected chi connectivity index (χ0v) is 24.4. The predicted molar refractivity (Wildman–Crippen MR) is 155 cm³/mol. The van der Waals surface area contributed by atoms with Gasteiger partial charge in [0, 0.05) is 42.4 Å². The van der Waals surface area contributed by atoms with E-state index in [9.17, 15) is 31.5 Å². The Hall–Kier alpha value is -4.41. The zero-order chi connectivity index (χ0) is 31.9. The van der Waals surface area contributed by atoms with Crippen LogP contribution in [0.1, 0.15) is 55.3 Å². The second kappa shape index (κ2) is 11.6. The molecule has 1 aromatic heterocycles. The van der Waals surface area contributed by atoms with Gasteiger partial charge in [0.25, 0.3) is 11.8 Å². The molecular weight excluding hydrogens is 583 g/mol. The third-order valence-electron chi connectivity index (χ3n) is 7.24. The number of nitrogens with one attached hydrogen (secondary N) is 1. The third kappa shape index (κ3) is 7.20. The molecule has 1 saturated heterocycles. The molecule has 232 valence electrons. The summed E-state index contributed by atoms with van der Waals surface area (Å²) in [7, 11) is 0. The maximum Gasteiger partial charge on any atom is 0.416 e. The molecule has 0 radical (unpaired) electrons. The van der Waals surface area contributed by atoms with Crippen LogP contribution in [0.3, 0.4) is 0 Å². The summed E-state index contributed by atoms with van der Waals surface area (Å²) in [5, 5.41) is 3.28. The summed E-state index contributed by atoms with van der Waals surface area (Å²) in [5.41, 5.74) is 1.75. The molecule has 0 unspecified atom stereocenters. The first-order chi connectivity index (χ1) is 20.6. The Balaban J connectivity index is 1.46. The van der Waals surface area contributed by atoms with Gasteiger partial charge in [0.1, 0.15) is 16.9 Å². The minimum Gasteiger partial charge on any atom is -0.459 e. The number of likely N-dealkylation sites (tertiary alicyclic amines) is 1. The summed E-state index contributed by atoms with van der Waals surface area (Å²) in [4.78, 5) is 26.5. The van der Waals surface area contributed by atoms with E-state index in [4.69, 9.17) is 9.15 Å². The van der Waals surface area contributed by atoms with Crippen LogP contribution in [0, 0.1) is 0 Å². The van der Waals surface area contributed by atoms with Gasteiger partial charge in [-0.25, -0.2) is 13.6 Å². The molecule has 5 rings (SSSR count). The molecule has 0 bridgehead atoms. The molecule has 0 aliphatic carbocycles. The molecule has 4 aromatic rings. The highest BCUT2D eigenvalue weighted by molar-refractivity contribution is 5.98. The summed E-state index contributed by atoms with van der Waals surface area (Å²) in [6, 6.07) is 16.8. The van der Waals surface area contributed by atoms with Crippen LogP contribution in [-0.2, 0) is 17.5 Å². The van der Waals surface area contributed by atoms with Crippen molar-refractivity contribution in [2.45, 2.75) is 57.9 Å². The van der Waals surface area contributed by atoms with E-state index in [0.29, 0.717) is 39.0 Å². The van der Waals surface area contributed by atoms with Crippen LogP contribution in [-0.4, -0.2) is 41.5 Å². The van der Waals surface area contributed by atoms with Crippen molar-refractivity contribution in [1.82, 2.24) is 10.2 Å². The van der Waals surface area contributed by atoms with Crippen molar-refractivity contribution in [3.8, 4) is 22.3 Å². The molecule has 1 N–H and O–H groups in total. The van der Waals surface area contributed by atoms with Crippen LogP contribution in [0.25, 0.3) is 33.2 Å². The van der Waals surface area contributed by atoms with Crippen LogP contribution >= 0.6 is 0 Å². The van der Waals surface area contributed by atoms with Gasteiger partial charge in [-0.15, -0.1) is 0 Å². The number of rotatable bonds is 5. The summed E-state index contributed by atoms with van der Waals surface area (Å²) in [6.07, 6.45) is -5.86. The predicted octanol–water partition coefficient (Wildman–Crippen LogP) is 8.68. The van der Waals surface area contributed by atoms with Crippen molar-refractivity contribution in [3.05, 3.63) is 83.6 Å². The van der Waals surface area contributed by atoms with Crippen molar-refractivity contribution < 1.29 is 40.7 Å². The van der Waals surface area contributed by atoms with Gasteiger partial charge in [-0.3, -0.25) is 4.79 Å². The number of ether oxygens (including phenoxy) is 1. The minimum atomic E-state index is -4.49. The van der Waals surface area contributed by atoms with E-state index in [1.807, 2.05) is 6.07 Å². The molecule has 3 aromatic carbocycles. The quantitative estimate of drug-likeness (QED) is 0.228. The monoisotopic (exact) mass is 614 g/mol. The lowest BCUT2D eigenvalue weighted by atomic mass is 9.95. The van der Waals surface area contributed by atoms with Gasteiger partial charge in [0.2, 0.25) is 0 Å². The van der Waals surface area contributed by atoms with Crippen LogP contribution in [0.2, 0.25) is 0 Å². The Morgan fingerprint density at radius 3 is 2.09 bits per heavy atom. The number of hydrogen-bond donors (Lipinski definition) is 1. The topological polar surface area (TPSA) is 71.8 Å². The molecule has 1 aliphatic rings. The molecule has 11 heteroatoms. The summed E-state index contributed by atoms with van der Waals surface area (Å²) < 4.78 is 78.1.